The molecule has 2 heteroatoms. The third kappa shape index (κ3) is 2.56. The Morgan fingerprint density at radius 3 is 2.48 bits per heavy atom. The molecule has 0 aliphatic heterocycles. The van der Waals surface area contributed by atoms with Gasteiger partial charge in [-0.1, -0.05) is 36.4 Å². The highest BCUT2D eigenvalue weighted by atomic mass is 16.5. The molecule has 2 nitrogen and oxygen atoms in total. The molecule has 1 aliphatic rings. The van der Waals surface area contributed by atoms with Gasteiger partial charge in [-0.25, -0.2) is 0 Å². The smallest absolute Gasteiger partial charge is 0.124 e. The first kappa shape index (κ1) is 14.2. The third-order valence-electron chi connectivity index (χ3n) is 4.61. The maximum absolute atomic E-state index is 6.69. The lowest BCUT2D eigenvalue weighted by Gasteiger charge is -2.29. The van der Waals surface area contributed by atoms with Crippen molar-refractivity contribution in [2.45, 2.75) is 38.1 Å². The van der Waals surface area contributed by atoms with E-state index < -0.39 is 5.54 Å². The first-order valence-electron chi connectivity index (χ1n) is 7.67. The highest BCUT2D eigenvalue weighted by Gasteiger charge is 2.28. The number of hydrogen-bond acceptors (Lipinski definition) is 2. The van der Waals surface area contributed by atoms with Crippen molar-refractivity contribution >= 4 is 0 Å². The Hall–Kier alpha value is -1.80. The second-order valence-corrected chi connectivity index (χ2v) is 6.09. The quantitative estimate of drug-likeness (QED) is 0.929. The molecular formula is C19H23NO. The normalized spacial score (nSPS) is 16.9. The molecular weight excluding hydrogens is 258 g/mol. The van der Waals surface area contributed by atoms with E-state index >= 15 is 0 Å². The van der Waals surface area contributed by atoms with E-state index in [2.05, 4.69) is 31.2 Å². The molecule has 0 saturated carbocycles. The van der Waals surface area contributed by atoms with Gasteiger partial charge in [-0.15, -0.1) is 0 Å². The van der Waals surface area contributed by atoms with Gasteiger partial charge in [0.05, 0.1) is 12.6 Å². The predicted octanol–water partition coefficient (Wildman–Crippen LogP) is 3.80. The second kappa shape index (κ2) is 5.53. The lowest BCUT2D eigenvalue weighted by Crippen LogP contribution is -2.35. The number of hydrogen-bond donors (Lipinski definition) is 1. The first-order chi connectivity index (χ1) is 10.1. The Bertz CT molecular complexity index is 646. The van der Waals surface area contributed by atoms with Crippen LogP contribution in [-0.4, -0.2) is 7.11 Å². The van der Waals surface area contributed by atoms with E-state index in [9.17, 15) is 0 Å². The number of benzene rings is 2. The molecule has 0 amide bonds. The summed E-state index contributed by atoms with van der Waals surface area (Å²) >= 11 is 0. The number of rotatable bonds is 3. The summed E-state index contributed by atoms with van der Waals surface area (Å²) in [6.07, 6.45) is 4.96. The van der Waals surface area contributed by atoms with Crippen LogP contribution in [0.1, 0.15) is 42.0 Å². The number of nitrogens with two attached hydrogens (primary N) is 1. The van der Waals surface area contributed by atoms with Crippen molar-refractivity contribution in [2.24, 2.45) is 5.73 Å². The number of aryl methyl sites for hydroxylation is 2. The van der Waals surface area contributed by atoms with Crippen LogP contribution >= 0.6 is 0 Å². The van der Waals surface area contributed by atoms with Gasteiger partial charge in [-0.3, -0.25) is 0 Å². The van der Waals surface area contributed by atoms with Gasteiger partial charge in [0.2, 0.25) is 0 Å². The van der Waals surface area contributed by atoms with Crippen molar-refractivity contribution in [1.29, 1.82) is 0 Å². The Kier molecular flexibility index (Phi) is 3.73. The van der Waals surface area contributed by atoms with E-state index in [4.69, 9.17) is 10.5 Å². The molecule has 0 saturated heterocycles. The summed E-state index contributed by atoms with van der Waals surface area (Å²) in [5.74, 6) is 0.847. The number of ether oxygens (including phenoxy) is 1. The SMILES string of the molecule is COc1ccccc1C(C)(N)c1ccc2c(c1)CCCC2. The van der Waals surface area contributed by atoms with Crippen LogP contribution in [0.15, 0.2) is 42.5 Å². The Labute approximate surface area is 126 Å². The van der Waals surface area contributed by atoms with Crippen LogP contribution < -0.4 is 10.5 Å². The fourth-order valence-corrected chi connectivity index (χ4v) is 3.29. The van der Waals surface area contributed by atoms with Crippen LogP contribution in [0.3, 0.4) is 0 Å². The van der Waals surface area contributed by atoms with Crippen molar-refractivity contribution < 1.29 is 4.74 Å². The minimum Gasteiger partial charge on any atom is -0.496 e. The van der Waals surface area contributed by atoms with Crippen LogP contribution in [-0.2, 0) is 18.4 Å². The molecule has 21 heavy (non-hydrogen) atoms. The molecule has 3 rings (SSSR count). The van der Waals surface area contributed by atoms with Crippen molar-refractivity contribution in [3.05, 3.63) is 64.7 Å². The van der Waals surface area contributed by atoms with Crippen molar-refractivity contribution in [3.8, 4) is 5.75 Å². The first-order valence-corrected chi connectivity index (χ1v) is 7.67. The minimum atomic E-state index is -0.543. The van der Waals surface area contributed by atoms with E-state index in [0.717, 1.165) is 16.9 Å². The molecule has 2 aromatic rings. The molecule has 1 atom stereocenters. The van der Waals surface area contributed by atoms with Gasteiger partial charge < -0.3 is 10.5 Å². The molecule has 110 valence electrons. The zero-order valence-corrected chi connectivity index (χ0v) is 12.9. The average molecular weight is 281 g/mol. The molecule has 2 aromatic carbocycles. The molecule has 0 fully saturated rings. The highest BCUT2D eigenvalue weighted by Crippen LogP contribution is 2.35. The molecule has 1 aliphatic carbocycles. The summed E-state index contributed by atoms with van der Waals surface area (Å²) < 4.78 is 5.49. The van der Waals surface area contributed by atoms with Gasteiger partial charge >= 0.3 is 0 Å². The van der Waals surface area contributed by atoms with E-state index in [0.29, 0.717) is 0 Å². The van der Waals surface area contributed by atoms with Crippen molar-refractivity contribution in [3.63, 3.8) is 0 Å². The largest absolute Gasteiger partial charge is 0.496 e. The van der Waals surface area contributed by atoms with Gasteiger partial charge in [0, 0.05) is 5.56 Å². The van der Waals surface area contributed by atoms with Gasteiger partial charge in [-0.05, 0) is 55.4 Å². The summed E-state index contributed by atoms with van der Waals surface area (Å²) in [5.41, 5.74) is 11.3. The number of para-hydroxylation sites is 1. The maximum atomic E-state index is 6.69. The van der Waals surface area contributed by atoms with Gasteiger partial charge in [0.15, 0.2) is 0 Å². The van der Waals surface area contributed by atoms with Gasteiger partial charge in [0.1, 0.15) is 5.75 Å². The zero-order chi connectivity index (χ0) is 14.9. The summed E-state index contributed by atoms with van der Waals surface area (Å²) in [7, 11) is 1.70. The summed E-state index contributed by atoms with van der Waals surface area (Å²) in [6, 6.07) is 14.7. The van der Waals surface area contributed by atoms with E-state index in [1.54, 1.807) is 7.11 Å². The van der Waals surface area contributed by atoms with Crippen LogP contribution in [0.4, 0.5) is 0 Å². The van der Waals surface area contributed by atoms with Crippen LogP contribution in [0, 0.1) is 0 Å². The fraction of sp³-hybridized carbons (Fsp3) is 0.368. The summed E-state index contributed by atoms with van der Waals surface area (Å²) in [5, 5.41) is 0. The predicted molar refractivity (Wildman–Crippen MR) is 86.7 cm³/mol. The molecule has 1 unspecified atom stereocenters. The minimum absolute atomic E-state index is 0.543. The Morgan fingerprint density at radius 1 is 1.00 bits per heavy atom. The van der Waals surface area contributed by atoms with Crippen molar-refractivity contribution in [2.75, 3.05) is 7.11 Å². The van der Waals surface area contributed by atoms with E-state index in [1.165, 1.54) is 36.8 Å². The summed E-state index contributed by atoms with van der Waals surface area (Å²) in [4.78, 5) is 0. The average Bonchev–Trinajstić information content (AvgIpc) is 2.54. The Balaban J connectivity index is 2.05. The molecule has 0 bridgehead atoms. The lowest BCUT2D eigenvalue weighted by atomic mass is 9.81. The summed E-state index contributed by atoms with van der Waals surface area (Å²) in [6.45, 7) is 2.06. The Morgan fingerprint density at radius 2 is 1.71 bits per heavy atom. The fourth-order valence-electron chi connectivity index (χ4n) is 3.29. The van der Waals surface area contributed by atoms with Crippen molar-refractivity contribution in [1.82, 2.24) is 0 Å². The maximum Gasteiger partial charge on any atom is 0.124 e. The van der Waals surface area contributed by atoms with Gasteiger partial charge in [-0.2, -0.15) is 0 Å². The molecule has 0 heterocycles. The van der Waals surface area contributed by atoms with E-state index in [-0.39, 0.29) is 0 Å². The monoisotopic (exact) mass is 281 g/mol. The second-order valence-electron chi connectivity index (χ2n) is 6.09. The van der Waals surface area contributed by atoms with Crippen LogP contribution in [0.25, 0.3) is 0 Å². The van der Waals surface area contributed by atoms with Crippen LogP contribution in [0.2, 0.25) is 0 Å². The number of methoxy groups -OCH3 is 1. The molecule has 0 aromatic heterocycles. The molecule has 2 N–H and O–H groups in total. The molecule has 0 spiro atoms. The zero-order valence-electron chi connectivity index (χ0n) is 12.9. The highest BCUT2D eigenvalue weighted by molar-refractivity contribution is 5.47. The third-order valence-corrected chi connectivity index (χ3v) is 4.61. The molecule has 0 radical (unpaired) electrons. The van der Waals surface area contributed by atoms with Crippen LogP contribution in [0.5, 0.6) is 5.75 Å². The standard InChI is InChI=1S/C19H23NO/c1-19(20,17-9-5-6-10-18(17)21-2)16-12-11-14-7-3-4-8-15(14)13-16/h5-6,9-13H,3-4,7-8,20H2,1-2H3. The topological polar surface area (TPSA) is 35.2 Å². The number of fused-ring (bicyclic) bond motifs is 1. The van der Waals surface area contributed by atoms with E-state index in [1.807, 2.05) is 18.2 Å². The van der Waals surface area contributed by atoms with Gasteiger partial charge in [0.25, 0.3) is 0 Å². The lowest BCUT2D eigenvalue weighted by molar-refractivity contribution is 0.399.